The van der Waals surface area contributed by atoms with Crippen LogP contribution in [0, 0.1) is 5.92 Å². The van der Waals surface area contributed by atoms with E-state index in [2.05, 4.69) is 5.43 Å². The molecule has 3 unspecified atom stereocenters. The second kappa shape index (κ2) is 6.38. The van der Waals surface area contributed by atoms with E-state index in [0.717, 1.165) is 38.2 Å². The molecular formula is C12H24N2O2S. The maximum Gasteiger partial charge on any atom is 0.0783 e. The standard InChI is InChI=1S/C12H24N2O2S/c1-15-5-3-11(14-13)10-2-6-16-12(8-10)4-7-17-9-12/h10-11,14H,2-9,13H2,1H3. The molecule has 2 rings (SSSR count). The quantitative estimate of drug-likeness (QED) is 0.574. The number of nitrogens with two attached hydrogens (primary N) is 1. The summed E-state index contributed by atoms with van der Waals surface area (Å²) in [5.41, 5.74) is 3.12. The Morgan fingerprint density at radius 1 is 1.65 bits per heavy atom. The Bertz CT molecular complexity index is 235. The Morgan fingerprint density at radius 3 is 3.18 bits per heavy atom. The van der Waals surface area contributed by atoms with Gasteiger partial charge in [-0.2, -0.15) is 11.8 Å². The molecule has 0 amide bonds. The summed E-state index contributed by atoms with van der Waals surface area (Å²) in [6.07, 6.45) is 4.46. The maximum atomic E-state index is 6.04. The predicted molar refractivity (Wildman–Crippen MR) is 71.0 cm³/mol. The summed E-state index contributed by atoms with van der Waals surface area (Å²) in [5.74, 6) is 8.71. The molecule has 2 fully saturated rings. The van der Waals surface area contributed by atoms with Crippen LogP contribution < -0.4 is 11.3 Å². The molecule has 5 heteroatoms. The maximum absolute atomic E-state index is 6.04. The van der Waals surface area contributed by atoms with E-state index < -0.39 is 0 Å². The highest BCUT2D eigenvalue weighted by Crippen LogP contribution is 2.41. The summed E-state index contributed by atoms with van der Waals surface area (Å²) in [4.78, 5) is 0. The van der Waals surface area contributed by atoms with Gasteiger partial charge >= 0.3 is 0 Å². The smallest absolute Gasteiger partial charge is 0.0783 e. The van der Waals surface area contributed by atoms with E-state index >= 15 is 0 Å². The van der Waals surface area contributed by atoms with Gasteiger partial charge < -0.3 is 9.47 Å². The van der Waals surface area contributed by atoms with Gasteiger partial charge in [0, 0.05) is 32.1 Å². The lowest BCUT2D eigenvalue weighted by atomic mass is 9.80. The molecule has 0 saturated carbocycles. The third kappa shape index (κ3) is 3.35. The summed E-state index contributed by atoms with van der Waals surface area (Å²) in [6.45, 7) is 1.66. The van der Waals surface area contributed by atoms with Gasteiger partial charge in [-0.05, 0) is 37.4 Å². The van der Waals surface area contributed by atoms with Gasteiger partial charge in [-0.25, -0.2) is 0 Å². The molecule has 2 saturated heterocycles. The van der Waals surface area contributed by atoms with Gasteiger partial charge in [-0.15, -0.1) is 0 Å². The highest BCUT2D eigenvalue weighted by molar-refractivity contribution is 7.99. The summed E-state index contributed by atoms with van der Waals surface area (Å²) in [5, 5.41) is 0. The van der Waals surface area contributed by atoms with Gasteiger partial charge in [-0.3, -0.25) is 11.3 Å². The molecule has 17 heavy (non-hydrogen) atoms. The van der Waals surface area contributed by atoms with Gasteiger partial charge in [0.15, 0.2) is 0 Å². The van der Waals surface area contributed by atoms with Gasteiger partial charge in [0.2, 0.25) is 0 Å². The lowest BCUT2D eigenvalue weighted by Crippen LogP contribution is -2.49. The summed E-state index contributed by atoms with van der Waals surface area (Å²) in [7, 11) is 1.74. The van der Waals surface area contributed by atoms with Crippen molar-refractivity contribution in [2.75, 3.05) is 31.8 Å². The van der Waals surface area contributed by atoms with Crippen molar-refractivity contribution in [3.05, 3.63) is 0 Å². The van der Waals surface area contributed by atoms with Crippen LogP contribution in [0.5, 0.6) is 0 Å². The van der Waals surface area contributed by atoms with Crippen molar-refractivity contribution in [3.8, 4) is 0 Å². The minimum Gasteiger partial charge on any atom is -0.385 e. The topological polar surface area (TPSA) is 56.5 Å². The number of hydrogen-bond donors (Lipinski definition) is 2. The van der Waals surface area contributed by atoms with Crippen molar-refractivity contribution in [1.29, 1.82) is 0 Å². The number of ether oxygens (including phenoxy) is 2. The van der Waals surface area contributed by atoms with Gasteiger partial charge in [-0.1, -0.05) is 0 Å². The van der Waals surface area contributed by atoms with Gasteiger partial charge in [0.05, 0.1) is 5.60 Å². The minimum atomic E-state index is 0.149. The number of hydrogen-bond acceptors (Lipinski definition) is 5. The third-order valence-electron chi connectivity index (χ3n) is 4.01. The van der Waals surface area contributed by atoms with Crippen molar-refractivity contribution in [3.63, 3.8) is 0 Å². The van der Waals surface area contributed by atoms with Gasteiger partial charge in [0.1, 0.15) is 0 Å². The molecule has 1 spiro atoms. The predicted octanol–water partition coefficient (Wildman–Crippen LogP) is 1.16. The lowest BCUT2D eigenvalue weighted by molar-refractivity contribution is -0.0862. The first-order chi connectivity index (χ1) is 8.29. The Kier molecular flexibility index (Phi) is 5.11. The largest absolute Gasteiger partial charge is 0.385 e. The van der Waals surface area contributed by atoms with E-state index in [0.29, 0.717) is 12.0 Å². The summed E-state index contributed by atoms with van der Waals surface area (Å²) >= 11 is 2.02. The fraction of sp³-hybridized carbons (Fsp3) is 1.00. The normalized spacial score (nSPS) is 35.3. The van der Waals surface area contributed by atoms with Gasteiger partial charge in [0.25, 0.3) is 0 Å². The van der Waals surface area contributed by atoms with Crippen LogP contribution >= 0.6 is 11.8 Å². The molecule has 3 N–H and O–H groups in total. The molecule has 0 aliphatic carbocycles. The van der Waals surface area contributed by atoms with Crippen molar-refractivity contribution in [2.24, 2.45) is 11.8 Å². The number of nitrogens with one attached hydrogen (secondary N) is 1. The van der Waals surface area contributed by atoms with Crippen molar-refractivity contribution in [1.82, 2.24) is 5.43 Å². The van der Waals surface area contributed by atoms with Crippen molar-refractivity contribution in [2.45, 2.75) is 37.3 Å². The molecule has 100 valence electrons. The van der Waals surface area contributed by atoms with E-state index in [9.17, 15) is 0 Å². The van der Waals surface area contributed by atoms with E-state index in [1.165, 1.54) is 12.2 Å². The summed E-state index contributed by atoms with van der Waals surface area (Å²) in [6, 6.07) is 0.362. The monoisotopic (exact) mass is 260 g/mol. The first-order valence-electron chi connectivity index (χ1n) is 6.46. The molecule has 2 heterocycles. The van der Waals surface area contributed by atoms with Crippen LogP contribution in [0.2, 0.25) is 0 Å². The first kappa shape index (κ1) is 13.6. The zero-order valence-electron chi connectivity index (χ0n) is 10.6. The van der Waals surface area contributed by atoms with Crippen molar-refractivity contribution >= 4 is 11.8 Å². The SMILES string of the molecule is COCCC(NN)C1CCOC2(CCSC2)C1. The second-order valence-electron chi connectivity index (χ2n) is 5.14. The number of hydrazine groups is 1. The van der Waals surface area contributed by atoms with E-state index in [1.807, 2.05) is 11.8 Å². The lowest BCUT2D eigenvalue weighted by Gasteiger charge is -2.40. The molecule has 4 nitrogen and oxygen atoms in total. The molecule has 0 aromatic rings. The average Bonchev–Trinajstić information content (AvgIpc) is 2.78. The van der Waals surface area contributed by atoms with Crippen LogP contribution in [-0.4, -0.2) is 43.5 Å². The molecule has 2 aliphatic rings. The minimum absolute atomic E-state index is 0.149. The Hall–Kier alpha value is 0.190. The fourth-order valence-corrected chi connectivity index (χ4v) is 4.35. The third-order valence-corrected chi connectivity index (χ3v) is 5.24. The molecule has 0 aromatic carbocycles. The summed E-state index contributed by atoms with van der Waals surface area (Å²) < 4.78 is 11.2. The van der Waals surface area contributed by atoms with Crippen LogP contribution in [-0.2, 0) is 9.47 Å². The van der Waals surface area contributed by atoms with Crippen LogP contribution in [0.15, 0.2) is 0 Å². The highest BCUT2D eigenvalue weighted by Gasteiger charge is 2.42. The average molecular weight is 260 g/mol. The Balaban J connectivity index is 1.90. The number of rotatable bonds is 5. The Morgan fingerprint density at radius 2 is 2.53 bits per heavy atom. The number of methoxy groups -OCH3 is 1. The fourth-order valence-electron chi connectivity index (χ4n) is 2.97. The Labute approximate surface area is 108 Å². The van der Waals surface area contributed by atoms with E-state index in [4.69, 9.17) is 15.3 Å². The first-order valence-corrected chi connectivity index (χ1v) is 7.62. The van der Waals surface area contributed by atoms with Crippen LogP contribution in [0.1, 0.15) is 25.7 Å². The van der Waals surface area contributed by atoms with Crippen LogP contribution in [0.4, 0.5) is 0 Å². The molecule has 0 aromatic heterocycles. The molecule has 3 atom stereocenters. The van der Waals surface area contributed by atoms with Crippen LogP contribution in [0.25, 0.3) is 0 Å². The van der Waals surface area contributed by atoms with Crippen molar-refractivity contribution < 1.29 is 9.47 Å². The zero-order valence-corrected chi connectivity index (χ0v) is 11.4. The van der Waals surface area contributed by atoms with E-state index in [1.54, 1.807) is 7.11 Å². The molecule has 0 bridgehead atoms. The van der Waals surface area contributed by atoms with Crippen LogP contribution in [0.3, 0.4) is 0 Å². The highest BCUT2D eigenvalue weighted by atomic mass is 32.2. The molecule has 2 aliphatic heterocycles. The number of thioether (sulfide) groups is 1. The molecular weight excluding hydrogens is 236 g/mol. The zero-order chi connectivity index (χ0) is 12.1. The molecule has 0 radical (unpaired) electrons. The second-order valence-corrected chi connectivity index (χ2v) is 6.25. The van der Waals surface area contributed by atoms with E-state index in [-0.39, 0.29) is 5.60 Å².